The maximum atomic E-state index is 12.8. The summed E-state index contributed by atoms with van der Waals surface area (Å²) in [4.78, 5) is 0. The smallest absolute Gasteiger partial charge is 0.131 e. The van der Waals surface area contributed by atoms with Gasteiger partial charge in [-0.1, -0.05) is 158 Å². The highest BCUT2D eigenvalue weighted by Crippen LogP contribution is 2.50. The molecule has 10 rings (SSSR count). The molecule has 0 radical (unpaired) electrons. The molecule has 9 N–H and O–H groups in total. The van der Waals surface area contributed by atoms with Crippen LogP contribution in [-0.4, -0.2) is 46.0 Å². The van der Waals surface area contributed by atoms with Gasteiger partial charge in [0.1, 0.15) is 51.7 Å². The summed E-state index contributed by atoms with van der Waals surface area (Å²) in [5.41, 5.74) is 16.0. The van der Waals surface area contributed by atoms with Crippen molar-refractivity contribution in [2.45, 2.75) is 150 Å². The summed E-state index contributed by atoms with van der Waals surface area (Å²) in [6, 6.07) is 53.4. The van der Waals surface area contributed by atoms with E-state index in [0.29, 0.717) is 62.1 Å². The van der Waals surface area contributed by atoms with E-state index in [1.165, 1.54) is 0 Å². The topological polar surface area (TPSA) is 182 Å². The van der Waals surface area contributed by atoms with Crippen LogP contribution in [0.15, 0.2) is 170 Å². The zero-order chi connectivity index (χ0) is 66.5. The predicted molar refractivity (Wildman–Crippen MR) is 376 cm³/mol. The standard InChI is InChI=1S/C83H88O9/c1-44(2)61-34-52(17-25-74(61)84)68-32-50(33-69(80(68)90)53-18-26-75(85)62(35-53)45(3)4)31-67(58-40-70(54-19-27-76(86)63(36-54)46(5)6)81(91)71(41-58)55-20-28-77(87)64(37-55)47(7)8)51-15-23-59(24-16-51)83(13,14)60-42-72(56-21-29-78(88)65(38-56)48(9)10)82(92)73(43-60)57-22-30-79(89)66(39-57)49(11)12/h15-30,32-49,67,84-92H,31H2,1-14H3. The molecule has 10 aromatic carbocycles. The van der Waals surface area contributed by atoms with Gasteiger partial charge in [-0.3, -0.25) is 0 Å². The molecular formula is C83H88O9. The average molecular weight is 1230 g/mol. The molecular weight excluding hydrogens is 1140 g/mol. The minimum Gasteiger partial charge on any atom is -0.508 e. The van der Waals surface area contributed by atoms with Crippen LogP contribution in [0.3, 0.4) is 0 Å². The number of hydrogen-bond donors (Lipinski definition) is 9. The summed E-state index contributed by atoms with van der Waals surface area (Å²) in [6.45, 7) is 28.6. The minimum absolute atomic E-state index is 0.00702. The van der Waals surface area contributed by atoms with Crippen LogP contribution in [0.2, 0.25) is 0 Å². The van der Waals surface area contributed by atoms with Crippen LogP contribution in [0, 0.1) is 0 Å². The quantitative estimate of drug-likeness (QED) is 0.0404. The maximum Gasteiger partial charge on any atom is 0.131 e. The Labute approximate surface area is 542 Å². The van der Waals surface area contributed by atoms with E-state index in [1.54, 1.807) is 36.4 Å². The van der Waals surface area contributed by atoms with Gasteiger partial charge in [0.05, 0.1) is 0 Å². The van der Waals surface area contributed by atoms with E-state index in [1.807, 2.05) is 192 Å². The summed E-state index contributed by atoms with van der Waals surface area (Å²) in [5.74, 6) is 0.604. The molecule has 0 aliphatic rings. The van der Waals surface area contributed by atoms with Gasteiger partial charge in [0.15, 0.2) is 0 Å². The summed E-state index contributed by atoms with van der Waals surface area (Å²) in [7, 11) is 0. The molecule has 0 bridgehead atoms. The molecule has 1 unspecified atom stereocenters. The van der Waals surface area contributed by atoms with Gasteiger partial charge in [-0.15, -0.1) is 0 Å². The van der Waals surface area contributed by atoms with Crippen molar-refractivity contribution in [1.82, 2.24) is 0 Å². The fraction of sp³-hybridized carbons (Fsp3) is 0.277. The number of rotatable bonds is 18. The molecule has 0 amide bonds. The molecule has 0 saturated carbocycles. The van der Waals surface area contributed by atoms with Gasteiger partial charge in [-0.05, 0) is 246 Å². The molecule has 10 aromatic rings. The second-order valence-corrected chi connectivity index (χ2v) is 27.5. The number of phenolic OH excluding ortho intramolecular Hbond substituents is 9. The summed E-state index contributed by atoms with van der Waals surface area (Å²) < 4.78 is 0. The van der Waals surface area contributed by atoms with E-state index in [-0.39, 0.29) is 87.3 Å². The zero-order valence-electron chi connectivity index (χ0n) is 55.4. The highest BCUT2D eigenvalue weighted by molar-refractivity contribution is 5.88. The number of hydrogen-bond acceptors (Lipinski definition) is 9. The fourth-order valence-corrected chi connectivity index (χ4v) is 13.1. The molecule has 0 aliphatic carbocycles. The second kappa shape index (κ2) is 25.9. The third-order valence-electron chi connectivity index (χ3n) is 18.8. The Morgan fingerprint density at radius 1 is 0.261 bits per heavy atom. The molecule has 0 fully saturated rings. The molecule has 0 saturated heterocycles. The largest absolute Gasteiger partial charge is 0.508 e. The van der Waals surface area contributed by atoms with Crippen molar-refractivity contribution >= 4 is 0 Å². The van der Waals surface area contributed by atoms with Crippen molar-refractivity contribution in [1.29, 1.82) is 0 Å². The normalized spacial score (nSPS) is 12.3. The maximum absolute atomic E-state index is 12.8. The van der Waals surface area contributed by atoms with Crippen molar-refractivity contribution in [2.24, 2.45) is 0 Å². The Morgan fingerprint density at radius 3 is 0.750 bits per heavy atom. The predicted octanol–water partition coefficient (Wildman–Crippen LogP) is 21.5. The zero-order valence-corrected chi connectivity index (χ0v) is 55.4. The van der Waals surface area contributed by atoms with Crippen LogP contribution in [0.5, 0.6) is 51.7 Å². The third-order valence-corrected chi connectivity index (χ3v) is 18.8. The van der Waals surface area contributed by atoms with Crippen molar-refractivity contribution in [3.8, 4) is 119 Å². The molecule has 9 nitrogen and oxygen atoms in total. The monoisotopic (exact) mass is 1230 g/mol. The van der Waals surface area contributed by atoms with Gasteiger partial charge < -0.3 is 46.0 Å². The first-order valence-electron chi connectivity index (χ1n) is 32.2. The summed E-state index contributed by atoms with van der Waals surface area (Å²) in [5, 5.41) is 104. The number of aromatic hydroxyl groups is 9. The highest BCUT2D eigenvalue weighted by Gasteiger charge is 2.30. The van der Waals surface area contributed by atoms with E-state index in [0.717, 1.165) is 72.3 Å². The minimum atomic E-state index is -0.696. The lowest BCUT2D eigenvalue weighted by molar-refractivity contribution is 0.464. The Balaban J connectivity index is 1.22. The van der Waals surface area contributed by atoms with Crippen LogP contribution in [0.4, 0.5) is 0 Å². The lowest BCUT2D eigenvalue weighted by atomic mass is 9.75. The van der Waals surface area contributed by atoms with Gasteiger partial charge in [-0.2, -0.15) is 0 Å². The molecule has 0 aromatic heterocycles. The van der Waals surface area contributed by atoms with Crippen molar-refractivity contribution in [3.63, 3.8) is 0 Å². The van der Waals surface area contributed by atoms with Gasteiger partial charge in [0.25, 0.3) is 0 Å². The van der Waals surface area contributed by atoms with Gasteiger partial charge in [0.2, 0.25) is 0 Å². The van der Waals surface area contributed by atoms with Crippen LogP contribution in [0.25, 0.3) is 66.8 Å². The third kappa shape index (κ3) is 12.9. The first-order chi connectivity index (χ1) is 43.5. The molecule has 0 aliphatic heterocycles. The number of benzene rings is 10. The van der Waals surface area contributed by atoms with Crippen LogP contribution in [-0.2, 0) is 11.8 Å². The summed E-state index contributed by atoms with van der Waals surface area (Å²) >= 11 is 0. The first-order valence-corrected chi connectivity index (χ1v) is 32.2. The van der Waals surface area contributed by atoms with E-state index in [2.05, 4.69) is 38.1 Å². The average Bonchev–Trinajstić information content (AvgIpc) is 0.772. The van der Waals surface area contributed by atoms with Crippen molar-refractivity contribution in [3.05, 3.63) is 231 Å². The SMILES string of the molecule is CC(C)c1cc(-c2cc(CC(c3ccc(C(C)(C)c4cc(-c5ccc(O)c(C(C)C)c5)c(O)c(-c5ccc(O)c(C(C)C)c5)c4)cc3)c3cc(-c4ccc(O)c(C(C)C)c4)c(O)c(-c4ccc(O)c(C(C)C)c4)c3)cc(-c3ccc(O)c(C(C)C)c3)c2O)ccc1O. The Hall–Kier alpha value is -9.60. The second-order valence-electron chi connectivity index (χ2n) is 27.5. The van der Waals surface area contributed by atoms with Gasteiger partial charge in [-0.25, -0.2) is 0 Å². The molecule has 0 heterocycles. The van der Waals surface area contributed by atoms with E-state index >= 15 is 0 Å². The van der Waals surface area contributed by atoms with Crippen LogP contribution >= 0.6 is 0 Å². The van der Waals surface area contributed by atoms with E-state index in [4.69, 9.17) is 0 Å². The molecule has 1 atom stereocenters. The Kier molecular flexibility index (Phi) is 18.4. The first kappa shape index (κ1) is 65.4. The van der Waals surface area contributed by atoms with Gasteiger partial charge >= 0.3 is 0 Å². The van der Waals surface area contributed by atoms with E-state index in [9.17, 15) is 46.0 Å². The lowest BCUT2D eigenvalue weighted by Crippen LogP contribution is -2.19. The lowest BCUT2D eigenvalue weighted by Gasteiger charge is -2.29. The molecule has 9 heteroatoms. The van der Waals surface area contributed by atoms with Crippen LogP contribution < -0.4 is 0 Å². The van der Waals surface area contributed by atoms with Crippen molar-refractivity contribution in [2.75, 3.05) is 0 Å². The Bertz CT molecular complexity index is 4170. The van der Waals surface area contributed by atoms with Crippen molar-refractivity contribution < 1.29 is 46.0 Å². The Morgan fingerprint density at radius 2 is 0.500 bits per heavy atom. The van der Waals surface area contributed by atoms with Crippen LogP contribution in [0.1, 0.15) is 200 Å². The molecule has 474 valence electrons. The fourth-order valence-electron chi connectivity index (χ4n) is 13.1. The highest BCUT2D eigenvalue weighted by atomic mass is 16.3. The number of phenols is 9. The molecule has 0 spiro atoms. The summed E-state index contributed by atoms with van der Waals surface area (Å²) in [6.07, 6.45) is 0.372. The molecule has 92 heavy (non-hydrogen) atoms. The van der Waals surface area contributed by atoms with E-state index < -0.39 is 11.3 Å². The van der Waals surface area contributed by atoms with Gasteiger partial charge in [0, 0.05) is 44.7 Å².